The van der Waals surface area contributed by atoms with Gasteiger partial charge in [-0.25, -0.2) is 8.42 Å². The normalized spacial score (nSPS) is 18.9. The van der Waals surface area contributed by atoms with Crippen molar-refractivity contribution in [3.8, 4) is 0 Å². The molecule has 0 aromatic heterocycles. The summed E-state index contributed by atoms with van der Waals surface area (Å²) in [5.41, 5.74) is 1.53. The number of halogens is 1. The van der Waals surface area contributed by atoms with E-state index in [4.69, 9.17) is 16.3 Å². The van der Waals surface area contributed by atoms with E-state index in [0.717, 1.165) is 31.5 Å². The molecule has 0 amide bonds. The average molecular weight is 492 g/mol. The molecule has 33 heavy (non-hydrogen) atoms. The van der Waals surface area contributed by atoms with Crippen LogP contribution in [0.5, 0.6) is 0 Å². The summed E-state index contributed by atoms with van der Waals surface area (Å²) in [6, 6.07) is 14.2. The smallest absolute Gasteiger partial charge is 0.243 e. The molecule has 0 radical (unpaired) electrons. The van der Waals surface area contributed by atoms with E-state index in [1.165, 1.54) is 10.4 Å². The van der Waals surface area contributed by atoms with E-state index < -0.39 is 10.0 Å². The molecular weight excluding hydrogens is 462 g/mol. The molecule has 2 aromatic rings. The van der Waals surface area contributed by atoms with Gasteiger partial charge in [-0.15, -0.1) is 0 Å². The van der Waals surface area contributed by atoms with Gasteiger partial charge < -0.3 is 10.1 Å². The number of carbonyl (C=O) groups excluding carboxylic acids is 1. The topological polar surface area (TPSA) is 79.0 Å². The summed E-state index contributed by atoms with van der Waals surface area (Å²) in [5.74, 6) is -0.134. The second kappa shape index (κ2) is 11.1. The van der Waals surface area contributed by atoms with Gasteiger partial charge >= 0.3 is 0 Å². The molecule has 0 aliphatic carbocycles. The number of rotatable bonds is 9. The van der Waals surface area contributed by atoms with Crippen molar-refractivity contribution < 1.29 is 17.9 Å². The Morgan fingerprint density at radius 1 is 1.03 bits per heavy atom. The SMILES string of the molecule is O=C(CNCC(c1ccc(Cl)cc1)N1CCOCC1)c1cccc(S(=O)(=O)N2CCCC2)c1. The predicted octanol–water partition coefficient (Wildman–Crippen LogP) is 2.97. The van der Waals surface area contributed by atoms with E-state index >= 15 is 0 Å². The molecule has 178 valence electrons. The molecule has 2 aliphatic rings. The number of carbonyl (C=O) groups is 1. The second-order valence-corrected chi connectivity index (χ2v) is 10.8. The molecule has 2 aliphatic heterocycles. The Morgan fingerprint density at radius 2 is 1.73 bits per heavy atom. The zero-order chi connectivity index (χ0) is 23.3. The highest BCUT2D eigenvalue weighted by Crippen LogP contribution is 2.24. The summed E-state index contributed by atoms with van der Waals surface area (Å²) in [6.07, 6.45) is 1.75. The quantitative estimate of drug-likeness (QED) is 0.543. The van der Waals surface area contributed by atoms with Crippen molar-refractivity contribution in [3.05, 3.63) is 64.7 Å². The lowest BCUT2D eigenvalue weighted by Gasteiger charge is -2.35. The summed E-state index contributed by atoms with van der Waals surface area (Å²) in [5, 5.41) is 3.97. The lowest BCUT2D eigenvalue weighted by atomic mass is 10.0. The van der Waals surface area contributed by atoms with E-state index in [-0.39, 0.29) is 23.3 Å². The van der Waals surface area contributed by atoms with E-state index in [9.17, 15) is 13.2 Å². The minimum absolute atomic E-state index is 0.0841. The lowest BCUT2D eigenvalue weighted by molar-refractivity contribution is 0.0162. The molecule has 1 atom stereocenters. The van der Waals surface area contributed by atoms with Crippen molar-refractivity contribution in [2.45, 2.75) is 23.8 Å². The van der Waals surface area contributed by atoms with Gasteiger partial charge in [-0.1, -0.05) is 35.9 Å². The van der Waals surface area contributed by atoms with E-state index in [2.05, 4.69) is 10.2 Å². The first kappa shape index (κ1) is 24.3. The van der Waals surface area contributed by atoms with Crippen LogP contribution in [0.2, 0.25) is 5.02 Å². The molecule has 0 saturated carbocycles. The highest BCUT2D eigenvalue weighted by atomic mass is 35.5. The molecule has 0 spiro atoms. The molecule has 9 heteroatoms. The number of Topliss-reactive ketones (excluding diaryl/α,β-unsaturated/α-hetero) is 1. The highest BCUT2D eigenvalue weighted by molar-refractivity contribution is 7.89. The van der Waals surface area contributed by atoms with Gasteiger partial charge in [0.05, 0.1) is 24.7 Å². The van der Waals surface area contributed by atoms with Crippen LogP contribution >= 0.6 is 11.6 Å². The third-order valence-electron chi connectivity index (χ3n) is 6.22. The molecule has 1 N–H and O–H groups in total. The minimum atomic E-state index is -3.55. The molecule has 2 fully saturated rings. The Bertz CT molecular complexity index is 1050. The summed E-state index contributed by atoms with van der Waals surface area (Å²) >= 11 is 6.06. The monoisotopic (exact) mass is 491 g/mol. The molecule has 2 aromatic carbocycles. The number of nitrogens with one attached hydrogen (secondary N) is 1. The Balaban J connectivity index is 1.41. The standard InChI is InChI=1S/C24H30ClN3O4S/c25-21-8-6-19(7-9-21)23(27-12-14-32-15-13-27)17-26-18-24(29)20-4-3-5-22(16-20)33(30,31)28-10-1-2-11-28/h3-9,16,23,26H,1-2,10-15,17-18H2. The van der Waals surface area contributed by atoms with Crippen molar-refractivity contribution in [2.75, 3.05) is 52.5 Å². The van der Waals surface area contributed by atoms with Crippen molar-refractivity contribution in [2.24, 2.45) is 0 Å². The van der Waals surface area contributed by atoms with E-state index in [1.807, 2.05) is 24.3 Å². The summed E-state index contributed by atoms with van der Waals surface area (Å²) < 4.78 is 32.7. The van der Waals surface area contributed by atoms with Crippen molar-refractivity contribution in [1.82, 2.24) is 14.5 Å². The Labute approximate surface area is 200 Å². The molecule has 4 rings (SSSR count). The molecule has 0 bridgehead atoms. The molecule has 1 unspecified atom stereocenters. The summed E-state index contributed by atoms with van der Waals surface area (Å²) in [4.78, 5) is 15.4. The first-order valence-corrected chi connectivity index (χ1v) is 13.2. The fourth-order valence-electron chi connectivity index (χ4n) is 4.36. The number of hydrogen-bond donors (Lipinski definition) is 1. The fraction of sp³-hybridized carbons (Fsp3) is 0.458. The van der Waals surface area contributed by atoms with Crippen LogP contribution in [0, 0.1) is 0 Å². The van der Waals surface area contributed by atoms with Crippen molar-refractivity contribution >= 4 is 27.4 Å². The van der Waals surface area contributed by atoms with Gasteiger partial charge in [0.25, 0.3) is 0 Å². The van der Waals surface area contributed by atoms with Gasteiger partial charge in [0, 0.05) is 49.4 Å². The third kappa shape index (κ3) is 6.01. The van der Waals surface area contributed by atoms with Crippen LogP contribution in [0.25, 0.3) is 0 Å². The third-order valence-corrected chi connectivity index (χ3v) is 8.37. The number of ether oxygens (including phenoxy) is 1. The number of ketones is 1. The van der Waals surface area contributed by atoms with E-state index in [0.29, 0.717) is 43.4 Å². The lowest BCUT2D eigenvalue weighted by Crippen LogP contribution is -2.43. The number of hydrogen-bond acceptors (Lipinski definition) is 6. The minimum Gasteiger partial charge on any atom is -0.379 e. The summed E-state index contributed by atoms with van der Waals surface area (Å²) in [7, 11) is -3.55. The number of morpholine rings is 1. The molecule has 2 saturated heterocycles. The van der Waals surface area contributed by atoms with Crippen molar-refractivity contribution in [1.29, 1.82) is 0 Å². The molecule has 2 heterocycles. The largest absolute Gasteiger partial charge is 0.379 e. The van der Waals surface area contributed by atoms with Gasteiger partial charge in [0.1, 0.15) is 0 Å². The maximum atomic E-state index is 12.9. The van der Waals surface area contributed by atoms with Gasteiger partial charge in [0.15, 0.2) is 5.78 Å². The Kier molecular flexibility index (Phi) is 8.16. The van der Waals surface area contributed by atoms with Gasteiger partial charge in [-0.3, -0.25) is 9.69 Å². The van der Waals surface area contributed by atoms with Crippen LogP contribution in [-0.2, 0) is 14.8 Å². The van der Waals surface area contributed by atoms with E-state index in [1.54, 1.807) is 18.2 Å². The zero-order valence-corrected chi connectivity index (χ0v) is 20.2. The number of sulfonamides is 1. The highest BCUT2D eigenvalue weighted by Gasteiger charge is 2.28. The van der Waals surface area contributed by atoms with Crippen molar-refractivity contribution in [3.63, 3.8) is 0 Å². The molecule has 7 nitrogen and oxygen atoms in total. The summed E-state index contributed by atoms with van der Waals surface area (Å²) in [6.45, 7) is 4.79. The fourth-order valence-corrected chi connectivity index (χ4v) is 6.05. The number of nitrogens with zero attached hydrogens (tertiary/aromatic N) is 2. The number of benzene rings is 2. The molecular formula is C24H30ClN3O4S. The first-order valence-electron chi connectivity index (χ1n) is 11.4. The maximum Gasteiger partial charge on any atom is 0.243 e. The van der Waals surface area contributed by atoms with Crippen LogP contribution in [0.1, 0.15) is 34.8 Å². The van der Waals surface area contributed by atoms with Crippen LogP contribution in [0.4, 0.5) is 0 Å². The Morgan fingerprint density at radius 3 is 2.42 bits per heavy atom. The second-order valence-electron chi connectivity index (χ2n) is 8.41. The first-order chi connectivity index (χ1) is 15.9. The van der Waals surface area contributed by atoms with Crippen LogP contribution in [0.3, 0.4) is 0 Å². The van der Waals surface area contributed by atoms with Crippen LogP contribution in [0.15, 0.2) is 53.4 Å². The van der Waals surface area contributed by atoms with Gasteiger partial charge in [-0.2, -0.15) is 4.31 Å². The van der Waals surface area contributed by atoms with Crippen LogP contribution in [-0.4, -0.2) is 75.9 Å². The Hall–Kier alpha value is -1.81. The zero-order valence-electron chi connectivity index (χ0n) is 18.6. The predicted molar refractivity (Wildman–Crippen MR) is 128 cm³/mol. The maximum absolute atomic E-state index is 12.9. The van der Waals surface area contributed by atoms with Crippen LogP contribution < -0.4 is 5.32 Å². The van der Waals surface area contributed by atoms with Gasteiger partial charge in [0.2, 0.25) is 10.0 Å². The average Bonchev–Trinajstić information content (AvgIpc) is 3.39. The van der Waals surface area contributed by atoms with Gasteiger partial charge in [-0.05, 0) is 42.7 Å².